The van der Waals surface area contributed by atoms with Gasteiger partial charge in [0.2, 0.25) is 0 Å². The van der Waals surface area contributed by atoms with Gasteiger partial charge in [-0.2, -0.15) is 0 Å². The Kier molecular flexibility index (Phi) is 9.11. The van der Waals surface area contributed by atoms with Crippen LogP contribution in [-0.4, -0.2) is 30.7 Å². The Hall–Kier alpha value is -2.93. The summed E-state index contributed by atoms with van der Waals surface area (Å²) in [5, 5.41) is 5.57. The van der Waals surface area contributed by atoms with Gasteiger partial charge < -0.3 is 14.8 Å². The zero-order valence-electron chi connectivity index (χ0n) is 16.7. The largest absolute Gasteiger partial charge is 0.493 e. The van der Waals surface area contributed by atoms with Crippen LogP contribution in [0.25, 0.3) is 0 Å². The lowest BCUT2D eigenvalue weighted by Gasteiger charge is -2.14. The number of esters is 1. The zero-order chi connectivity index (χ0) is 21.1. The van der Waals surface area contributed by atoms with E-state index < -0.39 is 5.97 Å². The number of carbonyl (C=O) groups excluding carboxylic acids is 2. The van der Waals surface area contributed by atoms with Crippen molar-refractivity contribution in [2.24, 2.45) is 0 Å². The molecule has 0 aliphatic heterocycles. The van der Waals surface area contributed by atoms with Gasteiger partial charge in [-0.25, -0.2) is 4.79 Å². The van der Waals surface area contributed by atoms with Crippen molar-refractivity contribution in [3.8, 4) is 5.75 Å². The molecule has 0 atom stereocenters. The van der Waals surface area contributed by atoms with Crippen LogP contribution in [0, 0.1) is 0 Å². The normalized spacial score (nSPS) is 10.1. The van der Waals surface area contributed by atoms with E-state index >= 15 is 0 Å². The summed E-state index contributed by atoms with van der Waals surface area (Å²) in [6, 6.07) is 13.8. The van der Waals surface area contributed by atoms with Gasteiger partial charge >= 0.3 is 5.97 Å². The highest BCUT2D eigenvalue weighted by Gasteiger charge is 2.16. The molecule has 0 aromatic heterocycles. The second-order valence-corrected chi connectivity index (χ2v) is 6.76. The van der Waals surface area contributed by atoms with Crippen molar-refractivity contribution in [2.45, 2.75) is 32.6 Å². The van der Waals surface area contributed by atoms with Crippen LogP contribution in [0.4, 0.5) is 5.69 Å². The molecule has 2 rings (SSSR count). The molecule has 2 N–H and O–H groups in total. The molecule has 0 saturated carbocycles. The van der Waals surface area contributed by atoms with Gasteiger partial charge in [-0.3, -0.25) is 10.1 Å². The molecule has 0 aliphatic carbocycles. The summed E-state index contributed by atoms with van der Waals surface area (Å²) in [5.41, 5.74) is 1.17. The molecule has 154 valence electrons. The fraction of sp³-hybridized carbons (Fsp3) is 0.318. The molecule has 0 heterocycles. The Morgan fingerprint density at radius 1 is 0.966 bits per heavy atom. The Bertz CT molecular complexity index is 854. The number of methoxy groups -OCH3 is 1. The molecule has 0 aliphatic rings. The summed E-state index contributed by atoms with van der Waals surface area (Å²) in [6.45, 7) is 2.71. The number of rotatable bonds is 9. The Morgan fingerprint density at radius 2 is 1.66 bits per heavy atom. The van der Waals surface area contributed by atoms with Crippen molar-refractivity contribution in [1.29, 1.82) is 0 Å². The quantitative estimate of drug-likeness (QED) is 0.356. The molecule has 0 radical (unpaired) electrons. The lowest BCUT2D eigenvalue weighted by Crippen LogP contribution is -2.34. The Balaban J connectivity index is 2.00. The molecular weight excluding hydrogens is 388 g/mol. The smallest absolute Gasteiger partial charge is 0.339 e. The minimum atomic E-state index is -0.496. The number of hydrogen-bond acceptors (Lipinski definition) is 5. The van der Waals surface area contributed by atoms with E-state index in [4.69, 9.17) is 21.7 Å². The summed E-state index contributed by atoms with van der Waals surface area (Å²) >= 11 is 5.24. The lowest BCUT2D eigenvalue weighted by atomic mass is 10.1. The first kappa shape index (κ1) is 22.4. The zero-order valence-corrected chi connectivity index (χ0v) is 17.5. The predicted molar refractivity (Wildman–Crippen MR) is 118 cm³/mol. The molecule has 0 unspecified atom stereocenters. The molecule has 0 spiro atoms. The monoisotopic (exact) mass is 414 g/mol. The highest BCUT2D eigenvalue weighted by atomic mass is 32.1. The summed E-state index contributed by atoms with van der Waals surface area (Å²) in [7, 11) is 1.30. The van der Waals surface area contributed by atoms with Gasteiger partial charge in [0.25, 0.3) is 5.91 Å². The van der Waals surface area contributed by atoms with Crippen LogP contribution in [0.1, 0.15) is 53.3 Å². The average Bonchev–Trinajstić information content (AvgIpc) is 2.73. The van der Waals surface area contributed by atoms with Crippen molar-refractivity contribution < 1.29 is 19.1 Å². The van der Waals surface area contributed by atoms with E-state index in [0.29, 0.717) is 29.2 Å². The number of amides is 1. The Morgan fingerprint density at radius 3 is 2.38 bits per heavy atom. The van der Waals surface area contributed by atoms with Crippen molar-refractivity contribution in [1.82, 2.24) is 5.32 Å². The van der Waals surface area contributed by atoms with Crippen molar-refractivity contribution >= 4 is 34.9 Å². The third-order valence-electron chi connectivity index (χ3n) is 4.19. The number of benzene rings is 2. The summed E-state index contributed by atoms with van der Waals surface area (Å²) in [6.07, 6.45) is 4.35. The highest BCUT2D eigenvalue weighted by Crippen LogP contribution is 2.19. The maximum Gasteiger partial charge on any atom is 0.339 e. The van der Waals surface area contributed by atoms with Crippen LogP contribution in [0.3, 0.4) is 0 Å². The first-order chi connectivity index (χ1) is 14.1. The molecule has 7 heteroatoms. The Labute approximate surface area is 176 Å². The van der Waals surface area contributed by atoms with Gasteiger partial charge in [0.1, 0.15) is 5.75 Å². The molecule has 1 amide bonds. The van der Waals surface area contributed by atoms with E-state index in [1.165, 1.54) is 13.5 Å². The lowest BCUT2D eigenvalue weighted by molar-refractivity contribution is 0.0602. The minimum absolute atomic E-state index is 0.0732. The molecule has 2 aromatic rings. The number of carbonyl (C=O) groups is 2. The fourth-order valence-electron chi connectivity index (χ4n) is 2.70. The number of thiocarbonyl (C=S) groups is 1. The standard InChI is InChI=1S/C22H26N2O4S/c1-3-4-5-10-15-28-19-14-9-7-12-17(19)20(25)24-22(29)23-18-13-8-6-11-16(18)21(26)27-2/h6-9,11-14H,3-5,10,15H2,1-2H3,(H2,23,24,25,29). The van der Waals surface area contributed by atoms with Gasteiger partial charge in [0.15, 0.2) is 5.11 Å². The highest BCUT2D eigenvalue weighted by molar-refractivity contribution is 7.80. The third-order valence-corrected chi connectivity index (χ3v) is 4.40. The second kappa shape index (κ2) is 11.8. The maximum absolute atomic E-state index is 12.7. The predicted octanol–water partition coefficient (Wildman–Crippen LogP) is 4.56. The minimum Gasteiger partial charge on any atom is -0.493 e. The van der Waals surface area contributed by atoms with E-state index in [0.717, 1.165) is 19.3 Å². The number of unbranched alkanes of at least 4 members (excludes halogenated alkanes) is 3. The van der Waals surface area contributed by atoms with Crippen LogP contribution >= 0.6 is 12.2 Å². The summed E-state index contributed by atoms with van der Waals surface area (Å²) in [4.78, 5) is 24.5. The first-order valence-corrected chi connectivity index (χ1v) is 9.99. The van der Waals surface area contributed by atoms with Crippen LogP contribution in [0.2, 0.25) is 0 Å². The molecule has 0 saturated heterocycles. The summed E-state index contributed by atoms with van der Waals surface area (Å²) < 4.78 is 10.5. The van der Waals surface area contributed by atoms with Crippen LogP contribution < -0.4 is 15.4 Å². The average molecular weight is 415 g/mol. The van der Waals surface area contributed by atoms with Crippen molar-refractivity contribution in [3.05, 3.63) is 59.7 Å². The van der Waals surface area contributed by atoms with Crippen molar-refractivity contribution in [3.63, 3.8) is 0 Å². The molecule has 0 fully saturated rings. The molecule has 2 aromatic carbocycles. The van der Waals surface area contributed by atoms with Crippen LogP contribution in [0.15, 0.2) is 48.5 Å². The van der Waals surface area contributed by atoms with Gasteiger partial charge in [-0.05, 0) is 42.9 Å². The number of hydrogen-bond donors (Lipinski definition) is 2. The van der Waals surface area contributed by atoms with Crippen LogP contribution in [0.5, 0.6) is 5.75 Å². The summed E-state index contributed by atoms with van der Waals surface area (Å²) in [5.74, 6) is -0.370. The van der Waals surface area contributed by atoms with Gasteiger partial charge in [-0.1, -0.05) is 50.5 Å². The van der Waals surface area contributed by atoms with E-state index in [9.17, 15) is 9.59 Å². The number of nitrogens with one attached hydrogen (secondary N) is 2. The molecule has 6 nitrogen and oxygen atoms in total. The van der Waals surface area contributed by atoms with E-state index in [1.54, 1.807) is 42.5 Å². The first-order valence-electron chi connectivity index (χ1n) is 9.58. The maximum atomic E-state index is 12.7. The molecule has 0 bridgehead atoms. The van der Waals surface area contributed by atoms with Crippen LogP contribution in [-0.2, 0) is 4.74 Å². The van der Waals surface area contributed by atoms with E-state index in [-0.39, 0.29) is 11.0 Å². The van der Waals surface area contributed by atoms with Crippen molar-refractivity contribution in [2.75, 3.05) is 19.0 Å². The number of ether oxygens (including phenoxy) is 2. The molecular formula is C22H26N2O4S. The second-order valence-electron chi connectivity index (χ2n) is 6.35. The molecule has 29 heavy (non-hydrogen) atoms. The number of para-hydroxylation sites is 2. The van der Waals surface area contributed by atoms with Gasteiger partial charge in [0, 0.05) is 0 Å². The van der Waals surface area contributed by atoms with E-state index in [1.807, 2.05) is 6.07 Å². The number of anilines is 1. The topological polar surface area (TPSA) is 76.7 Å². The van der Waals surface area contributed by atoms with Gasteiger partial charge in [0.05, 0.1) is 30.5 Å². The van der Waals surface area contributed by atoms with E-state index in [2.05, 4.69) is 17.6 Å². The third kappa shape index (κ3) is 6.87. The van der Waals surface area contributed by atoms with Gasteiger partial charge in [-0.15, -0.1) is 0 Å². The SMILES string of the molecule is CCCCCCOc1ccccc1C(=O)NC(=S)Nc1ccccc1C(=O)OC. The fourth-order valence-corrected chi connectivity index (χ4v) is 2.90.